The van der Waals surface area contributed by atoms with Gasteiger partial charge in [-0.1, -0.05) is 5.16 Å². The van der Waals surface area contributed by atoms with Gasteiger partial charge in [0, 0.05) is 14.1 Å². The maximum Gasteiger partial charge on any atom is 0.332 e. The Morgan fingerprint density at radius 1 is 1.42 bits per heavy atom. The van der Waals surface area contributed by atoms with Crippen LogP contribution in [0.4, 0.5) is 0 Å². The number of aryl methyl sites for hydroxylation is 2. The van der Waals surface area contributed by atoms with Crippen LogP contribution in [-0.2, 0) is 39.8 Å². The highest BCUT2D eigenvalue weighted by Gasteiger charge is 2.48. The molecule has 31 heavy (non-hydrogen) atoms. The number of aliphatic hydroxyl groups excluding tert-OH is 1. The lowest BCUT2D eigenvalue weighted by Crippen LogP contribution is -2.42. The average Bonchev–Trinajstić information content (AvgIpc) is 3.40. The van der Waals surface area contributed by atoms with Crippen LogP contribution in [0.15, 0.2) is 21.1 Å². The Bertz CT molecular complexity index is 1150. The third-order valence-electron chi connectivity index (χ3n) is 5.12. The van der Waals surface area contributed by atoms with Gasteiger partial charge in [0.25, 0.3) is 10.6 Å². The molecule has 0 amide bonds. The summed E-state index contributed by atoms with van der Waals surface area (Å²) >= 11 is 0. The molecule has 15 heteroatoms. The number of aliphatic hydroxyl groups is 1. The molecule has 2 aromatic heterocycles. The van der Waals surface area contributed by atoms with Gasteiger partial charge in [0.05, 0.1) is 26.1 Å². The van der Waals surface area contributed by atoms with E-state index in [1.165, 1.54) is 22.5 Å². The number of hydrogen-bond donors (Lipinski definition) is 1. The molecule has 4 atom stereocenters. The Morgan fingerprint density at radius 2 is 2.19 bits per heavy atom. The van der Waals surface area contributed by atoms with Crippen molar-refractivity contribution in [1.82, 2.24) is 18.7 Å². The van der Waals surface area contributed by atoms with E-state index in [0.29, 0.717) is 5.71 Å². The van der Waals surface area contributed by atoms with Crippen molar-refractivity contribution in [2.75, 3.05) is 19.8 Å². The highest BCUT2D eigenvalue weighted by molar-refractivity contribution is 5.92. The molecule has 0 bridgehead atoms. The smallest absolute Gasteiger partial charge is 0.332 e. The minimum atomic E-state index is -1.21. The first kappa shape index (κ1) is 21.0. The molecule has 0 radical (unpaired) electrons. The van der Waals surface area contributed by atoms with E-state index in [1.54, 1.807) is 7.05 Å². The first-order valence-electron chi connectivity index (χ1n) is 9.30. The number of nitrogens with zero attached hydrogens (tertiary/aromatic N) is 6. The van der Waals surface area contributed by atoms with Crippen molar-refractivity contribution in [2.24, 2.45) is 19.3 Å². The lowest BCUT2D eigenvalue weighted by molar-refractivity contribution is -0.769. The number of ether oxygens (including phenoxy) is 2. The van der Waals surface area contributed by atoms with E-state index in [9.17, 15) is 24.8 Å². The standard InChI is InChI=1S/C16H20N6O9/c1-19-7-17-14-11(19)15(24)21(16(25)20(14)2)3-8(23)4-30-18-9-5-28-13-10(31-22(26)27)6-29-12(9)13/h7-8,10,12-13,23H,3-6H2,1-2H3. The second-order valence-corrected chi connectivity index (χ2v) is 7.21. The van der Waals surface area contributed by atoms with Gasteiger partial charge in [-0.25, -0.2) is 9.78 Å². The molecule has 0 spiro atoms. The maximum absolute atomic E-state index is 12.7. The number of oxime groups is 1. The minimum absolute atomic E-state index is 0.0271. The topological polar surface area (TPSA) is 174 Å². The monoisotopic (exact) mass is 440 g/mol. The predicted octanol–water partition coefficient (Wildman–Crippen LogP) is -2.46. The van der Waals surface area contributed by atoms with Crippen LogP contribution in [0.1, 0.15) is 0 Å². The van der Waals surface area contributed by atoms with Crippen molar-refractivity contribution in [3.8, 4) is 0 Å². The average molecular weight is 440 g/mol. The summed E-state index contributed by atoms with van der Waals surface area (Å²) < 4.78 is 14.5. The fraction of sp³-hybridized carbons (Fsp3) is 0.625. The molecular formula is C16H20N6O9. The van der Waals surface area contributed by atoms with Crippen molar-refractivity contribution in [1.29, 1.82) is 0 Å². The Balaban J connectivity index is 1.40. The minimum Gasteiger partial charge on any atom is -0.393 e. The van der Waals surface area contributed by atoms with Crippen molar-refractivity contribution in [3.05, 3.63) is 37.3 Å². The molecule has 0 saturated carbocycles. The SMILES string of the molecule is Cn1cnc2c1c(=O)n(CC(O)CON=C1COC3C(O[N+](=O)[O-])COC13)c(=O)n2C. The zero-order valence-corrected chi connectivity index (χ0v) is 16.6. The van der Waals surface area contributed by atoms with Crippen LogP contribution in [0.3, 0.4) is 0 Å². The maximum atomic E-state index is 12.7. The van der Waals surface area contributed by atoms with Gasteiger partial charge in [-0.2, -0.15) is 0 Å². The quantitative estimate of drug-likeness (QED) is 0.359. The van der Waals surface area contributed by atoms with Gasteiger partial charge in [0.15, 0.2) is 17.3 Å². The Morgan fingerprint density at radius 3 is 2.94 bits per heavy atom. The molecule has 4 heterocycles. The zero-order valence-electron chi connectivity index (χ0n) is 16.6. The molecule has 2 fully saturated rings. The molecule has 2 saturated heterocycles. The first-order chi connectivity index (χ1) is 14.8. The highest BCUT2D eigenvalue weighted by Crippen LogP contribution is 2.27. The molecule has 0 aliphatic carbocycles. The van der Waals surface area contributed by atoms with Crippen LogP contribution in [0, 0.1) is 10.1 Å². The van der Waals surface area contributed by atoms with Gasteiger partial charge < -0.3 is 28.8 Å². The van der Waals surface area contributed by atoms with E-state index in [2.05, 4.69) is 15.0 Å². The third kappa shape index (κ3) is 3.77. The van der Waals surface area contributed by atoms with Crippen LogP contribution < -0.4 is 11.2 Å². The Labute approximate surface area is 173 Å². The summed E-state index contributed by atoms with van der Waals surface area (Å²) in [7, 11) is 3.11. The predicted molar refractivity (Wildman–Crippen MR) is 101 cm³/mol. The summed E-state index contributed by atoms with van der Waals surface area (Å²) in [6, 6.07) is 0. The summed E-state index contributed by atoms with van der Waals surface area (Å²) in [5.41, 5.74) is -0.361. The van der Waals surface area contributed by atoms with Crippen molar-refractivity contribution in [2.45, 2.75) is 31.0 Å². The van der Waals surface area contributed by atoms with E-state index < -0.39 is 40.8 Å². The molecule has 2 aliphatic heterocycles. The fourth-order valence-electron chi connectivity index (χ4n) is 3.63. The summed E-state index contributed by atoms with van der Waals surface area (Å²) in [5.74, 6) is 0. The molecule has 4 unspecified atom stereocenters. The largest absolute Gasteiger partial charge is 0.393 e. The number of hydrogen-bond acceptors (Lipinski definition) is 11. The Kier molecular flexibility index (Phi) is 5.47. The van der Waals surface area contributed by atoms with Gasteiger partial charge in [0.2, 0.25) is 0 Å². The molecule has 15 nitrogen and oxygen atoms in total. The van der Waals surface area contributed by atoms with Crippen molar-refractivity contribution < 1.29 is 29.3 Å². The van der Waals surface area contributed by atoms with Crippen LogP contribution in [-0.4, -0.2) is 78.8 Å². The fourth-order valence-corrected chi connectivity index (χ4v) is 3.63. The molecule has 4 rings (SSSR count). The van der Waals surface area contributed by atoms with Gasteiger partial charge in [-0.3, -0.25) is 13.9 Å². The second kappa shape index (κ2) is 8.09. The number of rotatable bonds is 7. The zero-order chi connectivity index (χ0) is 22.3. The number of imidazole rings is 1. The van der Waals surface area contributed by atoms with E-state index in [-0.39, 0.29) is 37.5 Å². The van der Waals surface area contributed by atoms with Crippen LogP contribution in [0.5, 0.6) is 0 Å². The van der Waals surface area contributed by atoms with Crippen molar-refractivity contribution in [3.63, 3.8) is 0 Å². The van der Waals surface area contributed by atoms with E-state index in [0.717, 1.165) is 4.57 Å². The number of aromatic nitrogens is 4. The molecule has 2 aliphatic rings. The first-order valence-corrected chi connectivity index (χ1v) is 9.30. The van der Waals surface area contributed by atoms with Crippen LogP contribution in [0.25, 0.3) is 11.2 Å². The Hall–Kier alpha value is -3.30. The summed E-state index contributed by atoms with van der Waals surface area (Å²) in [5, 5.41) is 23.7. The summed E-state index contributed by atoms with van der Waals surface area (Å²) in [6.45, 7) is -0.620. The second-order valence-electron chi connectivity index (χ2n) is 7.21. The van der Waals surface area contributed by atoms with Gasteiger partial charge >= 0.3 is 5.69 Å². The van der Waals surface area contributed by atoms with Gasteiger partial charge in [0.1, 0.15) is 30.6 Å². The highest BCUT2D eigenvalue weighted by atomic mass is 17.0. The van der Waals surface area contributed by atoms with Crippen LogP contribution >= 0.6 is 0 Å². The van der Waals surface area contributed by atoms with Gasteiger partial charge in [-0.15, -0.1) is 10.1 Å². The molecule has 2 aromatic rings. The molecule has 0 aromatic carbocycles. The summed E-state index contributed by atoms with van der Waals surface area (Å²) in [6.07, 6.45) is -1.97. The lowest BCUT2D eigenvalue weighted by Gasteiger charge is -2.13. The van der Waals surface area contributed by atoms with E-state index >= 15 is 0 Å². The molecular weight excluding hydrogens is 420 g/mol. The summed E-state index contributed by atoms with van der Waals surface area (Å²) in [4.78, 5) is 49.3. The van der Waals surface area contributed by atoms with Crippen molar-refractivity contribution >= 4 is 16.9 Å². The molecule has 1 N–H and O–H groups in total. The normalized spacial score (nSPS) is 25.1. The number of fused-ring (bicyclic) bond motifs is 2. The van der Waals surface area contributed by atoms with Crippen LogP contribution in [0.2, 0.25) is 0 Å². The van der Waals surface area contributed by atoms with E-state index in [1.807, 2.05) is 0 Å². The lowest BCUT2D eigenvalue weighted by atomic mass is 10.1. The van der Waals surface area contributed by atoms with E-state index in [4.69, 9.17) is 14.3 Å². The van der Waals surface area contributed by atoms with Gasteiger partial charge in [-0.05, 0) is 0 Å². The third-order valence-corrected chi connectivity index (χ3v) is 5.12. The molecule has 168 valence electrons.